The molecule has 0 fully saturated rings. The highest BCUT2D eigenvalue weighted by Crippen LogP contribution is 2.17. The SMILES string of the molecule is O=c1[nH]cccc1-c1nc(-c2ccccn2)no1. The first-order valence-electron chi connectivity index (χ1n) is 5.28. The molecule has 6 heteroatoms. The van der Waals surface area contributed by atoms with Crippen molar-refractivity contribution in [3.63, 3.8) is 0 Å². The Bertz CT molecular complexity index is 718. The minimum atomic E-state index is -0.270. The van der Waals surface area contributed by atoms with Gasteiger partial charge in [0, 0.05) is 12.4 Å². The van der Waals surface area contributed by atoms with Crippen molar-refractivity contribution in [1.82, 2.24) is 20.1 Å². The first kappa shape index (κ1) is 10.4. The Balaban J connectivity index is 2.06. The Labute approximate surface area is 101 Å². The number of aromatic nitrogens is 4. The Kier molecular flexibility index (Phi) is 2.45. The maximum absolute atomic E-state index is 11.6. The summed E-state index contributed by atoms with van der Waals surface area (Å²) in [4.78, 5) is 22.4. The van der Waals surface area contributed by atoms with Crippen LogP contribution in [0.4, 0.5) is 0 Å². The molecule has 3 heterocycles. The average molecular weight is 240 g/mol. The quantitative estimate of drug-likeness (QED) is 0.733. The summed E-state index contributed by atoms with van der Waals surface area (Å²) >= 11 is 0. The number of pyridine rings is 2. The van der Waals surface area contributed by atoms with Crippen LogP contribution in [0.25, 0.3) is 23.0 Å². The highest BCUT2D eigenvalue weighted by Gasteiger charge is 2.13. The number of nitrogens with one attached hydrogen (secondary N) is 1. The van der Waals surface area contributed by atoms with Gasteiger partial charge < -0.3 is 9.51 Å². The summed E-state index contributed by atoms with van der Waals surface area (Å²) in [6.45, 7) is 0. The molecular formula is C12H8N4O2. The molecule has 0 spiro atoms. The van der Waals surface area contributed by atoms with Gasteiger partial charge in [0.05, 0.1) is 0 Å². The molecule has 0 aliphatic heterocycles. The molecule has 0 atom stereocenters. The topological polar surface area (TPSA) is 84.7 Å². The maximum Gasteiger partial charge on any atom is 0.263 e. The number of hydrogen-bond acceptors (Lipinski definition) is 5. The molecule has 0 amide bonds. The van der Waals surface area contributed by atoms with Gasteiger partial charge in [-0.05, 0) is 24.3 Å². The summed E-state index contributed by atoms with van der Waals surface area (Å²) in [5, 5.41) is 3.80. The van der Waals surface area contributed by atoms with Crippen molar-refractivity contribution in [3.8, 4) is 23.0 Å². The zero-order valence-electron chi connectivity index (χ0n) is 9.20. The number of nitrogens with zero attached hydrogens (tertiary/aromatic N) is 3. The fourth-order valence-electron chi connectivity index (χ4n) is 1.52. The van der Waals surface area contributed by atoms with E-state index in [4.69, 9.17) is 4.52 Å². The lowest BCUT2D eigenvalue weighted by Crippen LogP contribution is -2.06. The first-order chi connectivity index (χ1) is 8.84. The molecule has 0 aromatic carbocycles. The third-order valence-electron chi connectivity index (χ3n) is 2.37. The van der Waals surface area contributed by atoms with Crippen LogP contribution in [0, 0.1) is 0 Å². The van der Waals surface area contributed by atoms with E-state index in [0.29, 0.717) is 17.1 Å². The minimum absolute atomic E-state index is 0.178. The largest absolute Gasteiger partial charge is 0.333 e. The number of H-pyrrole nitrogens is 1. The Morgan fingerprint density at radius 3 is 2.89 bits per heavy atom. The monoisotopic (exact) mass is 240 g/mol. The van der Waals surface area contributed by atoms with Crippen molar-refractivity contribution in [3.05, 3.63) is 53.1 Å². The van der Waals surface area contributed by atoms with Gasteiger partial charge in [-0.15, -0.1) is 0 Å². The van der Waals surface area contributed by atoms with Crippen LogP contribution in [0.3, 0.4) is 0 Å². The summed E-state index contributed by atoms with van der Waals surface area (Å²) < 4.78 is 5.06. The number of aromatic amines is 1. The lowest BCUT2D eigenvalue weighted by molar-refractivity contribution is 0.431. The maximum atomic E-state index is 11.6. The molecule has 3 aromatic rings. The van der Waals surface area contributed by atoms with Gasteiger partial charge in [-0.3, -0.25) is 9.78 Å². The molecule has 1 N–H and O–H groups in total. The number of rotatable bonds is 2. The van der Waals surface area contributed by atoms with E-state index in [2.05, 4.69) is 20.1 Å². The molecule has 0 saturated carbocycles. The van der Waals surface area contributed by atoms with Crippen molar-refractivity contribution < 1.29 is 4.52 Å². The minimum Gasteiger partial charge on any atom is -0.333 e. The summed E-state index contributed by atoms with van der Waals surface area (Å²) in [7, 11) is 0. The summed E-state index contributed by atoms with van der Waals surface area (Å²) in [6, 6.07) is 8.71. The van der Waals surface area contributed by atoms with Crippen LogP contribution >= 0.6 is 0 Å². The fourth-order valence-corrected chi connectivity index (χ4v) is 1.52. The normalized spacial score (nSPS) is 10.4. The third kappa shape index (κ3) is 1.80. The van der Waals surface area contributed by atoms with Crippen LogP contribution in [-0.4, -0.2) is 20.1 Å². The lowest BCUT2D eigenvalue weighted by Gasteiger charge is -1.91. The van der Waals surface area contributed by atoms with Gasteiger partial charge in [0.25, 0.3) is 11.4 Å². The van der Waals surface area contributed by atoms with E-state index in [1.165, 1.54) is 0 Å². The van der Waals surface area contributed by atoms with Crippen LogP contribution < -0.4 is 5.56 Å². The van der Waals surface area contributed by atoms with Gasteiger partial charge in [0.1, 0.15) is 11.3 Å². The Hall–Kier alpha value is -2.76. The summed E-state index contributed by atoms with van der Waals surface area (Å²) in [6.07, 6.45) is 3.18. The first-order valence-corrected chi connectivity index (χ1v) is 5.28. The van der Waals surface area contributed by atoms with Gasteiger partial charge in [0.2, 0.25) is 5.82 Å². The highest BCUT2D eigenvalue weighted by molar-refractivity contribution is 5.55. The van der Waals surface area contributed by atoms with Crippen LogP contribution in [0.2, 0.25) is 0 Å². The molecular weight excluding hydrogens is 232 g/mol. The molecule has 0 saturated heterocycles. The van der Waals surface area contributed by atoms with E-state index >= 15 is 0 Å². The van der Waals surface area contributed by atoms with E-state index in [1.807, 2.05) is 6.07 Å². The van der Waals surface area contributed by atoms with Gasteiger partial charge in [-0.1, -0.05) is 11.2 Å². The number of hydrogen-bond donors (Lipinski definition) is 1. The van der Waals surface area contributed by atoms with E-state index in [9.17, 15) is 4.79 Å². The molecule has 0 radical (unpaired) electrons. The van der Waals surface area contributed by atoms with Crippen molar-refractivity contribution in [1.29, 1.82) is 0 Å². The van der Waals surface area contributed by atoms with E-state index in [-0.39, 0.29) is 11.4 Å². The van der Waals surface area contributed by atoms with Gasteiger partial charge >= 0.3 is 0 Å². The predicted molar refractivity (Wildman–Crippen MR) is 63.6 cm³/mol. The van der Waals surface area contributed by atoms with Crippen LogP contribution in [0.15, 0.2) is 52.0 Å². The van der Waals surface area contributed by atoms with Gasteiger partial charge in [0.15, 0.2) is 0 Å². The van der Waals surface area contributed by atoms with E-state index in [1.54, 1.807) is 36.7 Å². The Morgan fingerprint density at radius 1 is 1.17 bits per heavy atom. The van der Waals surface area contributed by atoms with E-state index in [0.717, 1.165) is 0 Å². The van der Waals surface area contributed by atoms with Crippen LogP contribution in [0.5, 0.6) is 0 Å². The van der Waals surface area contributed by atoms with Crippen LogP contribution in [0.1, 0.15) is 0 Å². The lowest BCUT2D eigenvalue weighted by atomic mass is 10.3. The third-order valence-corrected chi connectivity index (χ3v) is 2.37. The summed E-state index contributed by atoms with van der Waals surface area (Å²) in [5.74, 6) is 0.534. The molecule has 0 aliphatic carbocycles. The van der Waals surface area contributed by atoms with Gasteiger partial charge in [-0.25, -0.2) is 0 Å². The molecule has 6 nitrogen and oxygen atoms in total. The predicted octanol–water partition coefficient (Wildman–Crippen LogP) is 1.49. The molecule has 88 valence electrons. The highest BCUT2D eigenvalue weighted by atomic mass is 16.5. The second kappa shape index (κ2) is 4.25. The standard InChI is InChI=1S/C12H8N4O2/c17-11-8(4-3-7-14-11)12-15-10(16-18-12)9-5-1-2-6-13-9/h1-7H,(H,14,17). The molecule has 0 unspecified atom stereocenters. The van der Waals surface area contributed by atoms with Crippen molar-refractivity contribution in [2.75, 3.05) is 0 Å². The Morgan fingerprint density at radius 2 is 2.11 bits per heavy atom. The van der Waals surface area contributed by atoms with Gasteiger partial charge in [-0.2, -0.15) is 4.98 Å². The fraction of sp³-hybridized carbons (Fsp3) is 0. The van der Waals surface area contributed by atoms with Crippen molar-refractivity contribution >= 4 is 0 Å². The summed E-state index contributed by atoms with van der Waals surface area (Å²) in [5.41, 5.74) is 0.667. The molecule has 18 heavy (non-hydrogen) atoms. The molecule has 3 aromatic heterocycles. The average Bonchev–Trinajstić information content (AvgIpc) is 2.90. The van der Waals surface area contributed by atoms with Crippen molar-refractivity contribution in [2.24, 2.45) is 0 Å². The molecule has 0 bridgehead atoms. The van der Waals surface area contributed by atoms with Crippen LogP contribution in [-0.2, 0) is 0 Å². The van der Waals surface area contributed by atoms with Crippen molar-refractivity contribution in [2.45, 2.75) is 0 Å². The second-order valence-corrected chi connectivity index (χ2v) is 3.55. The molecule has 3 rings (SSSR count). The molecule has 0 aliphatic rings. The van der Waals surface area contributed by atoms with E-state index < -0.39 is 0 Å². The zero-order valence-corrected chi connectivity index (χ0v) is 9.20. The zero-order chi connectivity index (χ0) is 12.4. The second-order valence-electron chi connectivity index (χ2n) is 3.55. The smallest absolute Gasteiger partial charge is 0.263 e.